The Hall–Kier alpha value is -0.810. The maximum atomic E-state index is 12.3. The number of nitrogens with one attached hydrogen (secondary N) is 3. The lowest BCUT2D eigenvalue weighted by Gasteiger charge is -2.56. The van der Waals surface area contributed by atoms with E-state index in [9.17, 15) is 9.90 Å². The van der Waals surface area contributed by atoms with Gasteiger partial charge in [-0.1, -0.05) is 0 Å². The van der Waals surface area contributed by atoms with Crippen molar-refractivity contribution >= 4 is 6.03 Å². The van der Waals surface area contributed by atoms with Crippen molar-refractivity contribution in [3.63, 3.8) is 0 Å². The first-order valence-electron chi connectivity index (χ1n) is 8.53. The van der Waals surface area contributed by atoms with Gasteiger partial charge in [0.2, 0.25) is 0 Å². The van der Waals surface area contributed by atoms with Crippen molar-refractivity contribution in [1.29, 1.82) is 0 Å². The third-order valence-corrected chi connectivity index (χ3v) is 6.22. The molecule has 0 aromatic carbocycles. The zero-order chi connectivity index (χ0) is 14.5. The minimum atomic E-state index is -0.765. The summed E-state index contributed by atoms with van der Waals surface area (Å²) in [4.78, 5) is 12.3. The number of rotatable bonds is 3. The Labute approximate surface area is 126 Å². The topological polar surface area (TPSA) is 73.4 Å². The van der Waals surface area contributed by atoms with Gasteiger partial charge < -0.3 is 21.1 Å². The Kier molecular flexibility index (Phi) is 3.19. The molecule has 1 heterocycles. The lowest BCUT2D eigenvalue weighted by Crippen LogP contribution is -2.62. The van der Waals surface area contributed by atoms with Crippen molar-refractivity contribution in [3.05, 3.63) is 0 Å². The summed E-state index contributed by atoms with van der Waals surface area (Å²) in [6, 6.07) is -0.0859. The molecule has 1 unspecified atom stereocenters. The predicted octanol–water partition coefficient (Wildman–Crippen LogP) is 0.979. The summed E-state index contributed by atoms with van der Waals surface area (Å²) in [5, 5.41) is 19.6. The van der Waals surface area contributed by atoms with Crippen LogP contribution in [-0.2, 0) is 0 Å². The molecule has 5 rings (SSSR count). The summed E-state index contributed by atoms with van der Waals surface area (Å²) < 4.78 is 0. The molecule has 0 spiro atoms. The molecule has 4 aliphatic carbocycles. The number of hydrogen-bond donors (Lipinski definition) is 4. The molecule has 2 amide bonds. The van der Waals surface area contributed by atoms with Gasteiger partial charge in [-0.3, -0.25) is 0 Å². The average molecular weight is 293 g/mol. The van der Waals surface area contributed by atoms with Crippen LogP contribution < -0.4 is 16.0 Å². The summed E-state index contributed by atoms with van der Waals surface area (Å²) in [6.07, 6.45) is 8.36. The van der Waals surface area contributed by atoms with Crippen LogP contribution in [0.4, 0.5) is 4.79 Å². The lowest BCUT2D eigenvalue weighted by atomic mass is 9.53. The van der Waals surface area contributed by atoms with Crippen LogP contribution in [0.15, 0.2) is 0 Å². The number of aliphatic hydroxyl groups is 1. The van der Waals surface area contributed by atoms with E-state index in [0.29, 0.717) is 19.5 Å². The van der Waals surface area contributed by atoms with Crippen LogP contribution in [0, 0.1) is 17.8 Å². The molecule has 5 fully saturated rings. The summed E-state index contributed by atoms with van der Waals surface area (Å²) in [7, 11) is 0. The van der Waals surface area contributed by atoms with Gasteiger partial charge >= 0.3 is 6.03 Å². The van der Waals surface area contributed by atoms with Crippen molar-refractivity contribution in [2.24, 2.45) is 17.8 Å². The molecule has 1 atom stereocenters. The number of carbonyl (C=O) groups excluding carboxylic acids is 1. The van der Waals surface area contributed by atoms with Gasteiger partial charge in [0.25, 0.3) is 0 Å². The van der Waals surface area contributed by atoms with Crippen LogP contribution in [-0.4, -0.2) is 41.9 Å². The number of carbonyl (C=O) groups is 1. The van der Waals surface area contributed by atoms with E-state index in [1.807, 2.05) is 0 Å². The Morgan fingerprint density at radius 1 is 1.14 bits per heavy atom. The van der Waals surface area contributed by atoms with Crippen LogP contribution in [0.1, 0.15) is 44.9 Å². The molecule has 4 saturated carbocycles. The van der Waals surface area contributed by atoms with E-state index in [1.54, 1.807) is 0 Å². The third-order valence-electron chi connectivity index (χ3n) is 6.22. The Bertz CT molecular complexity index is 396. The highest BCUT2D eigenvalue weighted by atomic mass is 16.3. The Balaban J connectivity index is 1.34. The highest BCUT2D eigenvalue weighted by molar-refractivity contribution is 5.75. The molecule has 5 heteroatoms. The monoisotopic (exact) mass is 293 g/mol. The third kappa shape index (κ3) is 2.66. The molecule has 0 aromatic heterocycles. The molecule has 4 bridgehead atoms. The van der Waals surface area contributed by atoms with Gasteiger partial charge in [-0.15, -0.1) is 0 Å². The summed E-state index contributed by atoms with van der Waals surface area (Å²) in [6.45, 7) is 1.75. The van der Waals surface area contributed by atoms with Crippen LogP contribution in [0.5, 0.6) is 0 Å². The average Bonchev–Trinajstić information content (AvgIpc) is 2.82. The minimum Gasteiger partial charge on any atom is -0.387 e. The second kappa shape index (κ2) is 4.85. The molecule has 118 valence electrons. The highest BCUT2D eigenvalue weighted by Crippen LogP contribution is 2.55. The molecule has 1 aliphatic heterocycles. The number of β-amino-alcohol motifs (C(OH)–C–C–N with tert-alkyl or cyclic N) is 1. The smallest absolute Gasteiger partial charge is 0.315 e. The number of urea groups is 1. The molecular weight excluding hydrogens is 266 g/mol. The van der Waals surface area contributed by atoms with E-state index < -0.39 is 5.60 Å². The fraction of sp³-hybridized carbons (Fsp3) is 0.938. The van der Waals surface area contributed by atoms with Gasteiger partial charge in [0.15, 0.2) is 0 Å². The van der Waals surface area contributed by atoms with Gasteiger partial charge in [-0.05, 0) is 69.2 Å². The van der Waals surface area contributed by atoms with Gasteiger partial charge in [0, 0.05) is 18.6 Å². The van der Waals surface area contributed by atoms with Crippen molar-refractivity contribution in [2.45, 2.75) is 56.1 Å². The SMILES string of the molecule is O=C(NCC1(O)CCNC1)NC12CC3CC(CC(C3)C1)C2. The van der Waals surface area contributed by atoms with Gasteiger partial charge in [0.05, 0.1) is 5.60 Å². The van der Waals surface area contributed by atoms with E-state index in [1.165, 1.54) is 38.5 Å². The van der Waals surface area contributed by atoms with E-state index >= 15 is 0 Å². The van der Waals surface area contributed by atoms with Gasteiger partial charge in [0.1, 0.15) is 0 Å². The van der Waals surface area contributed by atoms with E-state index in [-0.39, 0.29) is 11.6 Å². The highest BCUT2D eigenvalue weighted by Gasteiger charge is 2.51. The minimum absolute atomic E-state index is 0.0510. The standard InChI is InChI=1S/C16H27N3O2/c20-14(18-10-16(21)1-2-17-9-16)19-15-6-11-3-12(7-15)5-13(4-11)8-15/h11-13,17,21H,1-10H2,(H2,18,19,20). The van der Waals surface area contributed by atoms with Crippen LogP contribution in [0.25, 0.3) is 0 Å². The van der Waals surface area contributed by atoms with E-state index in [0.717, 1.165) is 24.3 Å². The molecule has 5 nitrogen and oxygen atoms in total. The molecular formula is C16H27N3O2. The fourth-order valence-electron chi connectivity index (χ4n) is 5.67. The number of amides is 2. The van der Waals surface area contributed by atoms with E-state index in [4.69, 9.17) is 0 Å². The largest absolute Gasteiger partial charge is 0.387 e. The predicted molar refractivity (Wildman–Crippen MR) is 79.9 cm³/mol. The maximum Gasteiger partial charge on any atom is 0.315 e. The molecule has 1 saturated heterocycles. The van der Waals surface area contributed by atoms with Crippen molar-refractivity contribution < 1.29 is 9.90 Å². The molecule has 5 aliphatic rings. The van der Waals surface area contributed by atoms with E-state index in [2.05, 4.69) is 16.0 Å². The van der Waals surface area contributed by atoms with Crippen LogP contribution >= 0.6 is 0 Å². The molecule has 0 aromatic rings. The fourth-order valence-corrected chi connectivity index (χ4v) is 5.67. The summed E-state index contributed by atoms with van der Waals surface area (Å²) >= 11 is 0. The van der Waals surface area contributed by atoms with Gasteiger partial charge in [-0.2, -0.15) is 0 Å². The summed E-state index contributed by atoms with van der Waals surface area (Å²) in [5.74, 6) is 2.50. The maximum absolute atomic E-state index is 12.3. The first-order valence-corrected chi connectivity index (χ1v) is 8.53. The Morgan fingerprint density at radius 2 is 1.76 bits per heavy atom. The van der Waals surface area contributed by atoms with Gasteiger partial charge in [-0.25, -0.2) is 4.79 Å². The van der Waals surface area contributed by atoms with Crippen molar-refractivity contribution in [1.82, 2.24) is 16.0 Å². The number of hydrogen-bond acceptors (Lipinski definition) is 3. The second-order valence-electron chi connectivity index (χ2n) is 8.16. The van der Waals surface area contributed by atoms with Crippen LogP contribution in [0.3, 0.4) is 0 Å². The lowest BCUT2D eigenvalue weighted by molar-refractivity contribution is -0.0140. The Morgan fingerprint density at radius 3 is 2.29 bits per heavy atom. The molecule has 0 radical (unpaired) electrons. The van der Waals surface area contributed by atoms with Crippen LogP contribution in [0.2, 0.25) is 0 Å². The normalized spacial score (nSPS) is 47.6. The first-order chi connectivity index (χ1) is 10.0. The molecule has 21 heavy (non-hydrogen) atoms. The second-order valence-corrected chi connectivity index (χ2v) is 8.16. The summed E-state index contributed by atoms with van der Waals surface area (Å²) in [5.41, 5.74) is -0.714. The van der Waals surface area contributed by atoms with Crippen molar-refractivity contribution in [2.75, 3.05) is 19.6 Å². The first kappa shape index (κ1) is 13.8. The zero-order valence-electron chi connectivity index (χ0n) is 12.7. The quantitative estimate of drug-likeness (QED) is 0.627. The molecule has 4 N–H and O–H groups in total. The van der Waals surface area contributed by atoms with Crippen molar-refractivity contribution in [3.8, 4) is 0 Å². The zero-order valence-corrected chi connectivity index (χ0v) is 12.7.